The van der Waals surface area contributed by atoms with Crippen LogP contribution in [0.4, 0.5) is 0 Å². The van der Waals surface area contributed by atoms with Crippen LogP contribution in [-0.4, -0.2) is 0 Å². The zero-order valence-electron chi connectivity index (χ0n) is 11.5. The van der Waals surface area contributed by atoms with Crippen LogP contribution in [0.5, 0.6) is 0 Å². The number of rotatable bonds is 3. The van der Waals surface area contributed by atoms with Crippen molar-refractivity contribution in [1.29, 1.82) is 0 Å². The zero-order valence-corrected chi connectivity index (χ0v) is 11.5. The monoisotopic (exact) mass is 210 g/mol. The van der Waals surface area contributed by atoms with Gasteiger partial charge in [0.1, 0.15) is 0 Å². The Morgan fingerprint density at radius 3 is 2.07 bits per heavy atom. The number of hydrogen-bond donors (Lipinski definition) is 0. The first-order valence-corrected chi connectivity index (χ1v) is 6.88. The molecule has 0 nitrogen and oxygen atoms in total. The van der Waals surface area contributed by atoms with Gasteiger partial charge in [0, 0.05) is 0 Å². The summed E-state index contributed by atoms with van der Waals surface area (Å²) in [4.78, 5) is 0. The van der Waals surface area contributed by atoms with E-state index in [2.05, 4.69) is 40.7 Å². The second-order valence-electron chi connectivity index (χ2n) is 4.88. The van der Waals surface area contributed by atoms with Gasteiger partial charge in [-0.15, -0.1) is 0 Å². The van der Waals surface area contributed by atoms with Crippen LogP contribution in [0.15, 0.2) is 11.6 Å². The normalized spacial score (nSPS) is 20.7. The minimum atomic E-state index is 0.887. The highest BCUT2D eigenvalue weighted by Crippen LogP contribution is 2.30. The second kappa shape index (κ2) is 9.00. The third-order valence-electron chi connectivity index (χ3n) is 3.22. The van der Waals surface area contributed by atoms with E-state index >= 15 is 0 Å². The predicted molar refractivity (Wildman–Crippen MR) is 71.1 cm³/mol. The Labute approximate surface area is 97.2 Å². The Morgan fingerprint density at radius 2 is 1.73 bits per heavy atom. The van der Waals surface area contributed by atoms with E-state index in [1.54, 1.807) is 5.57 Å². The summed E-state index contributed by atoms with van der Waals surface area (Å²) in [6, 6.07) is 0. The standard InChI is InChI=1S/C12H22.C3H8/c1-4-11(5-2)12-8-6-10(3)7-9-12;1-3-2/h8,10-11H,4-7,9H2,1-3H3;3H2,1-2H3. The lowest BCUT2D eigenvalue weighted by molar-refractivity contribution is 0.459. The molecule has 0 bridgehead atoms. The molecule has 1 atom stereocenters. The van der Waals surface area contributed by atoms with Crippen molar-refractivity contribution in [3.63, 3.8) is 0 Å². The molecule has 0 heterocycles. The maximum absolute atomic E-state index is 2.51. The summed E-state index contributed by atoms with van der Waals surface area (Å²) in [5.41, 5.74) is 1.75. The smallest absolute Gasteiger partial charge is 0.0208 e. The molecular formula is C15H30. The molecule has 0 saturated carbocycles. The van der Waals surface area contributed by atoms with Crippen LogP contribution in [0, 0.1) is 11.8 Å². The highest BCUT2D eigenvalue weighted by molar-refractivity contribution is 5.09. The zero-order chi connectivity index (χ0) is 11.7. The van der Waals surface area contributed by atoms with Gasteiger partial charge in [-0.25, -0.2) is 0 Å². The maximum Gasteiger partial charge on any atom is -0.0208 e. The fourth-order valence-corrected chi connectivity index (χ4v) is 2.17. The fourth-order valence-electron chi connectivity index (χ4n) is 2.17. The van der Waals surface area contributed by atoms with Crippen LogP contribution in [-0.2, 0) is 0 Å². The van der Waals surface area contributed by atoms with Gasteiger partial charge in [0.15, 0.2) is 0 Å². The third kappa shape index (κ3) is 6.02. The number of hydrogen-bond acceptors (Lipinski definition) is 0. The third-order valence-corrected chi connectivity index (χ3v) is 3.22. The molecule has 0 aromatic rings. The summed E-state index contributed by atoms with van der Waals surface area (Å²) in [5.74, 6) is 1.82. The summed E-state index contributed by atoms with van der Waals surface area (Å²) in [7, 11) is 0. The minimum absolute atomic E-state index is 0.887. The molecule has 0 aromatic carbocycles. The van der Waals surface area contributed by atoms with Gasteiger partial charge in [-0.1, -0.05) is 52.7 Å². The first-order valence-electron chi connectivity index (χ1n) is 6.88. The van der Waals surface area contributed by atoms with E-state index in [1.165, 1.54) is 38.5 Å². The average Bonchev–Trinajstić information content (AvgIpc) is 2.24. The van der Waals surface area contributed by atoms with Crippen molar-refractivity contribution in [2.75, 3.05) is 0 Å². The molecule has 0 heteroatoms. The molecule has 0 fully saturated rings. The Balaban J connectivity index is 0.000000583. The van der Waals surface area contributed by atoms with E-state index in [9.17, 15) is 0 Å². The number of allylic oxidation sites excluding steroid dienone is 2. The second-order valence-corrected chi connectivity index (χ2v) is 4.88. The molecule has 0 saturated heterocycles. The lowest BCUT2D eigenvalue weighted by Gasteiger charge is -2.23. The highest BCUT2D eigenvalue weighted by atomic mass is 14.2. The Bertz CT molecular complexity index is 163. The van der Waals surface area contributed by atoms with Crippen LogP contribution < -0.4 is 0 Å². The molecule has 0 amide bonds. The van der Waals surface area contributed by atoms with E-state index in [4.69, 9.17) is 0 Å². The van der Waals surface area contributed by atoms with Crippen LogP contribution >= 0.6 is 0 Å². The van der Waals surface area contributed by atoms with Gasteiger partial charge in [0.25, 0.3) is 0 Å². The molecule has 90 valence electrons. The molecular weight excluding hydrogens is 180 g/mol. The minimum Gasteiger partial charge on any atom is -0.0848 e. The first kappa shape index (κ1) is 14.7. The maximum atomic E-state index is 2.51. The summed E-state index contributed by atoms with van der Waals surface area (Å²) in [5, 5.41) is 0. The van der Waals surface area contributed by atoms with E-state index in [0.717, 1.165) is 11.8 Å². The molecule has 0 aliphatic heterocycles. The van der Waals surface area contributed by atoms with Gasteiger partial charge in [0.2, 0.25) is 0 Å². The Kier molecular flexibility index (Phi) is 8.85. The Hall–Kier alpha value is -0.260. The van der Waals surface area contributed by atoms with E-state index in [-0.39, 0.29) is 0 Å². The van der Waals surface area contributed by atoms with Crippen molar-refractivity contribution in [2.24, 2.45) is 11.8 Å². The van der Waals surface area contributed by atoms with Gasteiger partial charge >= 0.3 is 0 Å². The van der Waals surface area contributed by atoms with Crippen molar-refractivity contribution < 1.29 is 0 Å². The van der Waals surface area contributed by atoms with Crippen molar-refractivity contribution in [3.05, 3.63) is 11.6 Å². The molecule has 0 aromatic heterocycles. The summed E-state index contributed by atoms with van der Waals surface area (Å²) >= 11 is 0. The molecule has 0 N–H and O–H groups in total. The van der Waals surface area contributed by atoms with Gasteiger partial charge in [-0.05, 0) is 43.9 Å². The SMILES string of the molecule is CCC.CCC(CC)C1=CCC(C)CC1. The lowest BCUT2D eigenvalue weighted by atomic mass is 9.82. The topological polar surface area (TPSA) is 0 Å². The molecule has 1 unspecified atom stereocenters. The summed E-state index contributed by atoms with van der Waals surface area (Å²) in [6.45, 7) is 11.2. The van der Waals surface area contributed by atoms with Crippen molar-refractivity contribution in [1.82, 2.24) is 0 Å². The van der Waals surface area contributed by atoms with Crippen LogP contribution in [0.3, 0.4) is 0 Å². The van der Waals surface area contributed by atoms with Crippen LogP contribution in [0.1, 0.15) is 73.1 Å². The van der Waals surface area contributed by atoms with Crippen molar-refractivity contribution in [3.8, 4) is 0 Å². The molecule has 1 rings (SSSR count). The molecule has 1 aliphatic carbocycles. The summed E-state index contributed by atoms with van der Waals surface area (Å²) < 4.78 is 0. The van der Waals surface area contributed by atoms with Gasteiger partial charge in [-0.2, -0.15) is 0 Å². The summed E-state index contributed by atoms with van der Waals surface area (Å²) in [6.07, 6.45) is 10.5. The van der Waals surface area contributed by atoms with Gasteiger partial charge in [0.05, 0.1) is 0 Å². The van der Waals surface area contributed by atoms with E-state index in [1.807, 2.05) is 0 Å². The lowest BCUT2D eigenvalue weighted by Crippen LogP contribution is -2.08. The first-order chi connectivity index (χ1) is 7.19. The Morgan fingerprint density at radius 1 is 1.20 bits per heavy atom. The van der Waals surface area contributed by atoms with E-state index < -0.39 is 0 Å². The molecule has 15 heavy (non-hydrogen) atoms. The highest BCUT2D eigenvalue weighted by Gasteiger charge is 2.15. The van der Waals surface area contributed by atoms with Crippen LogP contribution in [0.25, 0.3) is 0 Å². The van der Waals surface area contributed by atoms with Crippen molar-refractivity contribution >= 4 is 0 Å². The average molecular weight is 210 g/mol. The molecule has 1 aliphatic rings. The molecule has 0 radical (unpaired) electrons. The largest absolute Gasteiger partial charge is 0.0848 e. The predicted octanol–water partition coefficient (Wildman–Crippen LogP) is 5.59. The molecule has 0 spiro atoms. The quantitative estimate of drug-likeness (QED) is 0.533. The van der Waals surface area contributed by atoms with E-state index in [0.29, 0.717) is 0 Å². The fraction of sp³-hybridized carbons (Fsp3) is 0.867. The van der Waals surface area contributed by atoms with Crippen LogP contribution in [0.2, 0.25) is 0 Å². The van der Waals surface area contributed by atoms with Gasteiger partial charge < -0.3 is 0 Å². The van der Waals surface area contributed by atoms with Gasteiger partial charge in [-0.3, -0.25) is 0 Å². The van der Waals surface area contributed by atoms with Crippen molar-refractivity contribution in [2.45, 2.75) is 73.1 Å².